The van der Waals surface area contributed by atoms with Crippen molar-refractivity contribution in [3.8, 4) is 0 Å². The third kappa shape index (κ3) is 3.98. The second-order valence-electron chi connectivity index (χ2n) is 9.42. The minimum absolute atomic E-state index is 0.0230. The van der Waals surface area contributed by atoms with Crippen molar-refractivity contribution in [2.24, 2.45) is 18.4 Å². The van der Waals surface area contributed by atoms with Crippen LogP contribution in [0, 0.1) is 25.2 Å². The van der Waals surface area contributed by atoms with Crippen LogP contribution >= 0.6 is 0 Å². The average molecular weight is 423 g/mol. The minimum Gasteiger partial charge on any atom is -0.353 e. The van der Waals surface area contributed by atoms with E-state index in [-0.39, 0.29) is 17.2 Å². The number of hydrogen-bond donors (Lipinski definition) is 1. The Morgan fingerprint density at radius 3 is 2.48 bits per heavy atom. The molecule has 7 nitrogen and oxygen atoms in total. The zero-order valence-electron chi connectivity index (χ0n) is 17.9. The summed E-state index contributed by atoms with van der Waals surface area (Å²) in [7, 11) is -1.80. The molecule has 1 aromatic rings. The van der Waals surface area contributed by atoms with Gasteiger partial charge in [-0.2, -0.15) is 9.40 Å². The maximum Gasteiger partial charge on any atom is 0.246 e. The van der Waals surface area contributed by atoms with Crippen LogP contribution in [-0.2, 0) is 21.9 Å². The van der Waals surface area contributed by atoms with Gasteiger partial charge >= 0.3 is 0 Å². The first-order valence-electron chi connectivity index (χ1n) is 11.0. The van der Waals surface area contributed by atoms with Crippen LogP contribution < -0.4 is 5.32 Å². The summed E-state index contributed by atoms with van der Waals surface area (Å²) >= 11 is 0. The molecule has 1 amide bonds. The van der Waals surface area contributed by atoms with Crippen molar-refractivity contribution < 1.29 is 13.2 Å². The van der Waals surface area contributed by atoms with E-state index < -0.39 is 10.0 Å². The third-order valence-corrected chi connectivity index (χ3v) is 9.40. The van der Waals surface area contributed by atoms with Gasteiger partial charge in [-0.1, -0.05) is 19.3 Å². The molecule has 1 N–H and O–H groups in total. The van der Waals surface area contributed by atoms with Crippen LogP contribution in [0.1, 0.15) is 69.2 Å². The van der Waals surface area contributed by atoms with Gasteiger partial charge < -0.3 is 5.32 Å². The number of amides is 1. The van der Waals surface area contributed by atoms with Gasteiger partial charge in [-0.25, -0.2) is 8.42 Å². The molecule has 1 aromatic heterocycles. The predicted molar refractivity (Wildman–Crippen MR) is 111 cm³/mol. The smallest absolute Gasteiger partial charge is 0.246 e. The molecule has 0 aromatic carbocycles. The predicted octanol–water partition coefficient (Wildman–Crippen LogP) is 2.67. The maximum absolute atomic E-state index is 13.5. The standard InChI is InChI=1S/C21H34N4O3S/c1-15-20(16(2)24(3)23-15)29(27,28)25-13-17(7-10-19(26)22-18-8-9-18)21(14-25)11-5-4-6-12-21/h17-18H,4-14H2,1-3H3,(H,22,26). The quantitative estimate of drug-likeness (QED) is 0.764. The van der Waals surface area contributed by atoms with Crippen LogP contribution in [0.15, 0.2) is 4.90 Å². The van der Waals surface area contributed by atoms with Gasteiger partial charge in [0, 0.05) is 32.6 Å². The number of aromatic nitrogens is 2. The van der Waals surface area contributed by atoms with Gasteiger partial charge in [0.2, 0.25) is 15.9 Å². The van der Waals surface area contributed by atoms with E-state index in [0.717, 1.165) is 44.9 Å². The first-order chi connectivity index (χ1) is 13.7. The molecule has 3 fully saturated rings. The molecule has 8 heteroatoms. The van der Waals surface area contributed by atoms with Gasteiger partial charge in [-0.15, -0.1) is 0 Å². The Balaban J connectivity index is 1.55. The highest BCUT2D eigenvalue weighted by Gasteiger charge is 2.50. The highest BCUT2D eigenvalue weighted by Crippen LogP contribution is 2.50. The summed E-state index contributed by atoms with van der Waals surface area (Å²) in [5.41, 5.74) is 1.28. The molecule has 1 atom stereocenters. The average Bonchev–Trinajstić information content (AvgIpc) is 3.34. The number of nitrogens with zero attached hydrogens (tertiary/aromatic N) is 3. The van der Waals surface area contributed by atoms with E-state index in [1.807, 2.05) is 6.92 Å². The van der Waals surface area contributed by atoms with Gasteiger partial charge in [0.15, 0.2) is 0 Å². The van der Waals surface area contributed by atoms with Gasteiger partial charge in [-0.05, 0) is 57.3 Å². The molecular formula is C21H34N4O3S. The Bertz CT molecular complexity index is 882. The summed E-state index contributed by atoms with van der Waals surface area (Å²) in [6, 6.07) is 0.378. The van der Waals surface area contributed by atoms with E-state index in [1.165, 1.54) is 6.42 Å². The zero-order chi connectivity index (χ0) is 20.8. The summed E-state index contributed by atoms with van der Waals surface area (Å²) in [6.45, 7) is 4.69. The molecule has 0 bridgehead atoms. The first-order valence-corrected chi connectivity index (χ1v) is 12.5. The summed E-state index contributed by atoms with van der Waals surface area (Å²) in [5, 5.41) is 7.39. The van der Waals surface area contributed by atoms with E-state index in [9.17, 15) is 13.2 Å². The van der Waals surface area contributed by atoms with Crippen molar-refractivity contribution in [1.82, 2.24) is 19.4 Å². The SMILES string of the molecule is Cc1nn(C)c(C)c1S(=O)(=O)N1CC(CCC(=O)NC2CC2)C2(CCCCC2)C1. The molecule has 29 heavy (non-hydrogen) atoms. The van der Waals surface area contributed by atoms with Gasteiger partial charge in [-0.3, -0.25) is 9.48 Å². The Labute approximate surface area is 174 Å². The fourth-order valence-corrected chi connectivity index (χ4v) is 7.46. The van der Waals surface area contributed by atoms with E-state index in [0.29, 0.717) is 41.8 Å². The number of sulfonamides is 1. The monoisotopic (exact) mass is 422 g/mol. The van der Waals surface area contributed by atoms with E-state index in [2.05, 4.69) is 10.4 Å². The zero-order valence-corrected chi connectivity index (χ0v) is 18.7. The molecule has 1 aliphatic heterocycles. The van der Waals surface area contributed by atoms with Crippen LogP contribution in [0.2, 0.25) is 0 Å². The molecule has 2 aliphatic carbocycles. The van der Waals surface area contributed by atoms with E-state index >= 15 is 0 Å². The lowest BCUT2D eigenvalue weighted by atomic mass is 9.66. The van der Waals surface area contributed by atoms with Crippen LogP contribution in [0.3, 0.4) is 0 Å². The molecule has 1 saturated heterocycles. The Hall–Kier alpha value is -1.41. The first kappa shape index (κ1) is 20.8. The Morgan fingerprint density at radius 2 is 1.90 bits per heavy atom. The second-order valence-corrected chi connectivity index (χ2v) is 11.3. The lowest BCUT2D eigenvalue weighted by Gasteiger charge is -2.38. The number of hydrogen-bond acceptors (Lipinski definition) is 4. The number of carbonyl (C=O) groups is 1. The van der Waals surface area contributed by atoms with Gasteiger partial charge in [0.05, 0.1) is 11.4 Å². The topological polar surface area (TPSA) is 84.3 Å². The van der Waals surface area contributed by atoms with Crippen LogP contribution in [0.25, 0.3) is 0 Å². The van der Waals surface area contributed by atoms with E-state index in [1.54, 1.807) is 23.0 Å². The fraction of sp³-hybridized carbons (Fsp3) is 0.810. The molecule has 1 spiro atoms. The van der Waals surface area contributed by atoms with Crippen molar-refractivity contribution in [3.05, 3.63) is 11.4 Å². The second kappa shape index (κ2) is 7.69. The van der Waals surface area contributed by atoms with Crippen molar-refractivity contribution >= 4 is 15.9 Å². The van der Waals surface area contributed by atoms with Crippen LogP contribution in [-0.4, -0.2) is 47.5 Å². The fourth-order valence-electron chi connectivity index (χ4n) is 5.48. The Kier molecular flexibility index (Phi) is 5.53. The van der Waals surface area contributed by atoms with Crippen molar-refractivity contribution in [3.63, 3.8) is 0 Å². The van der Waals surface area contributed by atoms with E-state index in [4.69, 9.17) is 0 Å². The summed E-state index contributed by atoms with van der Waals surface area (Å²) < 4.78 is 30.4. The number of rotatable bonds is 6. The van der Waals surface area contributed by atoms with Crippen LogP contribution in [0.4, 0.5) is 0 Å². The summed E-state index contributed by atoms with van der Waals surface area (Å²) in [5.74, 6) is 0.374. The maximum atomic E-state index is 13.5. The largest absolute Gasteiger partial charge is 0.353 e. The highest BCUT2D eigenvalue weighted by molar-refractivity contribution is 7.89. The number of carbonyl (C=O) groups excluding carboxylic acids is 1. The molecule has 2 saturated carbocycles. The summed E-state index contributed by atoms with van der Waals surface area (Å²) in [4.78, 5) is 12.6. The molecule has 4 rings (SSSR count). The molecule has 3 aliphatic rings. The molecule has 162 valence electrons. The lowest BCUT2D eigenvalue weighted by molar-refractivity contribution is -0.121. The highest BCUT2D eigenvalue weighted by atomic mass is 32.2. The molecular weight excluding hydrogens is 388 g/mol. The minimum atomic E-state index is -3.59. The van der Waals surface area contributed by atoms with Gasteiger partial charge in [0.1, 0.15) is 4.90 Å². The summed E-state index contributed by atoms with van der Waals surface area (Å²) in [6.07, 6.45) is 9.14. The van der Waals surface area contributed by atoms with Crippen LogP contribution in [0.5, 0.6) is 0 Å². The Morgan fingerprint density at radius 1 is 1.21 bits per heavy atom. The van der Waals surface area contributed by atoms with Gasteiger partial charge in [0.25, 0.3) is 0 Å². The third-order valence-electron chi connectivity index (χ3n) is 7.33. The normalized spacial score (nSPS) is 24.9. The lowest BCUT2D eigenvalue weighted by Crippen LogP contribution is -2.35. The van der Waals surface area contributed by atoms with Crippen molar-refractivity contribution in [2.45, 2.75) is 82.6 Å². The number of aryl methyl sites for hydroxylation is 2. The molecule has 0 radical (unpaired) electrons. The van der Waals surface area contributed by atoms with Crippen molar-refractivity contribution in [1.29, 1.82) is 0 Å². The molecule has 2 heterocycles. The van der Waals surface area contributed by atoms with Crippen molar-refractivity contribution in [2.75, 3.05) is 13.1 Å². The molecule has 1 unspecified atom stereocenters. The number of nitrogens with one attached hydrogen (secondary N) is 1.